The molecule has 2 aromatic carbocycles. The van der Waals surface area contributed by atoms with Gasteiger partial charge < -0.3 is 4.74 Å². The molecule has 2 amide bonds. The number of hydrogen-bond donors (Lipinski definition) is 0. The zero-order valence-corrected chi connectivity index (χ0v) is 19.4. The topological polar surface area (TPSA) is 98.1 Å². The van der Waals surface area contributed by atoms with Crippen LogP contribution in [0.3, 0.4) is 0 Å². The molecule has 0 fully saturated rings. The molecule has 1 aliphatic rings. The molecule has 2 aromatic heterocycles. The van der Waals surface area contributed by atoms with Crippen LogP contribution in [0.5, 0.6) is 0 Å². The van der Waals surface area contributed by atoms with Gasteiger partial charge in [-0.1, -0.05) is 18.2 Å². The number of carbonyl (C=O) groups excluding carboxylic acids is 3. The van der Waals surface area contributed by atoms with E-state index < -0.39 is 17.8 Å². The molecule has 0 saturated carbocycles. The van der Waals surface area contributed by atoms with Crippen LogP contribution in [0.1, 0.15) is 53.6 Å². The van der Waals surface area contributed by atoms with Crippen molar-refractivity contribution in [2.24, 2.45) is 0 Å². The zero-order chi connectivity index (χ0) is 24.9. The molecule has 0 spiro atoms. The van der Waals surface area contributed by atoms with E-state index in [0.717, 1.165) is 21.7 Å². The lowest BCUT2D eigenvalue weighted by Crippen LogP contribution is -2.30. The fourth-order valence-corrected chi connectivity index (χ4v) is 4.21. The summed E-state index contributed by atoms with van der Waals surface area (Å²) in [5, 5.41) is 0. The summed E-state index contributed by atoms with van der Waals surface area (Å²) in [5.41, 5.74) is 3.96. The van der Waals surface area contributed by atoms with Crippen molar-refractivity contribution in [1.82, 2.24) is 9.38 Å². The van der Waals surface area contributed by atoms with Crippen LogP contribution in [0.15, 0.2) is 65.5 Å². The Kier molecular flexibility index (Phi) is 5.28. The Labute approximate surface area is 200 Å². The van der Waals surface area contributed by atoms with Gasteiger partial charge in [-0.05, 0) is 68.3 Å². The summed E-state index contributed by atoms with van der Waals surface area (Å²) >= 11 is 0. The van der Waals surface area contributed by atoms with E-state index >= 15 is 0 Å². The van der Waals surface area contributed by atoms with E-state index in [4.69, 9.17) is 4.74 Å². The number of hydrogen-bond acceptors (Lipinski definition) is 6. The summed E-state index contributed by atoms with van der Waals surface area (Å²) in [7, 11) is 0. The van der Waals surface area contributed by atoms with Crippen LogP contribution >= 0.6 is 0 Å². The molecular formula is C27H21N3O5. The Bertz CT molecular complexity index is 1620. The van der Waals surface area contributed by atoms with Gasteiger partial charge in [0, 0.05) is 11.8 Å². The molecule has 8 nitrogen and oxygen atoms in total. The predicted octanol–water partition coefficient (Wildman–Crippen LogP) is 3.78. The van der Waals surface area contributed by atoms with Crippen LogP contribution in [0.2, 0.25) is 0 Å². The van der Waals surface area contributed by atoms with Crippen molar-refractivity contribution in [2.75, 3.05) is 4.90 Å². The van der Waals surface area contributed by atoms with E-state index in [1.165, 1.54) is 28.7 Å². The van der Waals surface area contributed by atoms with Crippen molar-refractivity contribution in [3.63, 3.8) is 0 Å². The Morgan fingerprint density at radius 3 is 2.46 bits per heavy atom. The number of carbonyl (C=O) groups is 3. The molecule has 174 valence electrons. The minimum atomic E-state index is -0.690. The Balaban J connectivity index is 1.38. The van der Waals surface area contributed by atoms with Crippen molar-refractivity contribution in [3.8, 4) is 0 Å². The number of imide groups is 1. The second-order valence-electron chi connectivity index (χ2n) is 8.52. The normalized spacial score (nSPS) is 12.8. The molecule has 0 aliphatic carbocycles. The Hall–Kier alpha value is -4.59. The highest BCUT2D eigenvalue weighted by Gasteiger charge is 2.38. The van der Waals surface area contributed by atoms with Crippen LogP contribution < -0.4 is 10.5 Å². The SMILES string of the molecule is Cc1ccc(C)c(N2C(=O)c3ccc(C(=O)OCc4cc(=O)n5c(C)cccc5n4)cc3C2=O)c1. The minimum Gasteiger partial charge on any atom is -0.456 e. The monoisotopic (exact) mass is 467 g/mol. The number of anilines is 1. The molecule has 0 saturated heterocycles. The van der Waals surface area contributed by atoms with Gasteiger partial charge >= 0.3 is 5.97 Å². The van der Waals surface area contributed by atoms with Crippen molar-refractivity contribution in [2.45, 2.75) is 27.4 Å². The number of fused-ring (bicyclic) bond motifs is 2. The first-order valence-electron chi connectivity index (χ1n) is 11.0. The van der Waals surface area contributed by atoms with Crippen LogP contribution in [0.25, 0.3) is 5.65 Å². The maximum Gasteiger partial charge on any atom is 0.338 e. The summed E-state index contributed by atoms with van der Waals surface area (Å²) in [6, 6.07) is 16.4. The Morgan fingerprint density at radius 2 is 1.66 bits per heavy atom. The number of aromatic nitrogens is 2. The average Bonchev–Trinajstić information content (AvgIpc) is 3.08. The third-order valence-corrected chi connectivity index (χ3v) is 6.01. The van der Waals surface area contributed by atoms with E-state index in [1.807, 2.05) is 26.0 Å². The number of esters is 1. The number of ether oxygens (including phenoxy) is 1. The van der Waals surface area contributed by atoms with Crippen molar-refractivity contribution in [1.29, 1.82) is 0 Å². The van der Waals surface area contributed by atoms with Gasteiger partial charge in [-0.15, -0.1) is 0 Å². The highest BCUT2D eigenvalue weighted by Crippen LogP contribution is 2.32. The molecule has 35 heavy (non-hydrogen) atoms. The minimum absolute atomic E-state index is 0.126. The highest BCUT2D eigenvalue weighted by molar-refractivity contribution is 6.35. The van der Waals surface area contributed by atoms with Gasteiger partial charge in [0.25, 0.3) is 17.4 Å². The van der Waals surface area contributed by atoms with E-state index in [9.17, 15) is 19.2 Å². The van der Waals surface area contributed by atoms with Gasteiger partial charge in [-0.3, -0.25) is 18.8 Å². The van der Waals surface area contributed by atoms with Crippen LogP contribution in [0, 0.1) is 20.8 Å². The number of aryl methyl sites for hydroxylation is 3. The number of nitrogens with zero attached hydrogens (tertiary/aromatic N) is 3. The average molecular weight is 467 g/mol. The maximum atomic E-state index is 13.1. The van der Waals surface area contributed by atoms with Crippen molar-refractivity contribution in [3.05, 3.63) is 110 Å². The third kappa shape index (κ3) is 3.78. The Morgan fingerprint density at radius 1 is 0.886 bits per heavy atom. The molecule has 0 unspecified atom stereocenters. The lowest BCUT2D eigenvalue weighted by molar-refractivity contribution is 0.0467. The largest absolute Gasteiger partial charge is 0.456 e. The molecule has 0 radical (unpaired) electrons. The fourth-order valence-electron chi connectivity index (χ4n) is 4.21. The molecule has 8 heteroatoms. The number of rotatable bonds is 4. The predicted molar refractivity (Wildman–Crippen MR) is 129 cm³/mol. The lowest BCUT2D eigenvalue weighted by atomic mass is 10.1. The third-order valence-electron chi connectivity index (χ3n) is 6.01. The summed E-state index contributed by atoms with van der Waals surface area (Å²) in [5.74, 6) is -1.62. The summed E-state index contributed by atoms with van der Waals surface area (Å²) in [6.45, 7) is 5.30. The maximum absolute atomic E-state index is 13.1. The quantitative estimate of drug-likeness (QED) is 0.335. The van der Waals surface area contributed by atoms with Gasteiger partial charge in [-0.2, -0.15) is 0 Å². The lowest BCUT2D eigenvalue weighted by Gasteiger charge is -2.17. The van der Waals surface area contributed by atoms with E-state index in [0.29, 0.717) is 17.0 Å². The molecule has 5 rings (SSSR count). The van der Waals surface area contributed by atoms with Crippen LogP contribution in [-0.2, 0) is 11.3 Å². The van der Waals surface area contributed by atoms with E-state index in [1.54, 1.807) is 31.2 Å². The van der Waals surface area contributed by atoms with Gasteiger partial charge in [0.2, 0.25) is 0 Å². The number of pyridine rings is 1. The van der Waals surface area contributed by atoms with Crippen LogP contribution in [0.4, 0.5) is 5.69 Å². The summed E-state index contributed by atoms with van der Waals surface area (Å²) in [6.07, 6.45) is 0. The molecule has 4 aromatic rings. The number of benzene rings is 2. The van der Waals surface area contributed by atoms with Gasteiger partial charge in [0.1, 0.15) is 12.3 Å². The van der Waals surface area contributed by atoms with E-state index in [2.05, 4.69) is 4.98 Å². The van der Waals surface area contributed by atoms with Gasteiger partial charge in [0.15, 0.2) is 0 Å². The second kappa shape index (κ2) is 8.32. The van der Waals surface area contributed by atoms with Gasteiger partial charge in [-0.25, -0.2) is 14.7 Å². The number of amides is 2. The molecule has 0 atom stereocenters. The zero-order valence-electron chi connectivity index (χ0n) is 19.4. The smallest absolute Gasteiger partial charge is 0.338 e. The van der Waals surface area contributed by atoms with Crippen molar-refractivity contribution < 1.29 is 19.1 Å². The first-order valence-corrected chi connectivity index (χ1v) is 11.0. The highest BCUT2D eigenvalue weighted by atomic mass is 16.5. The first kappa shape index (κ1) is 22.2. The van der Waals surface area contributed by atoms with Crippen molar-refractivity contribution >= 4 is 29.1 Å². The van der Waals surface area contributed by atoms with Crippen LogP contribution in [-0.4, -0.2) is 27.2 Å². The first-order chi connectivity index (χ1) is 16.7. The van der Waals surface area contributed by atoms with Gasteiger partial charge in [0.05, 0.1) is 28.1 Å². The second-order valence-corrected chi connectivity index (χ2v) is 8.52. The molecule has 0 bridgehead atoms. The molecule has 3 heterocycles. The summed E-state index contributed by atoms with van der Waals surface area (Å²) in [4.78, 5) is 56.8. The molecular weight excluding hydrogens is 446 g/mol. The molecule has 1 aliphatic heterocycles. The molecule has 0 N–H and O–H groups in total. The standard InChI is InChI=1S/C27H21N3O5/c1-15-7-8-16(2)22(11-15)30-25(32)20-10-9-18(12-21(20)26(30)33)27(34)35-14-19-13-24(31)29-17(3)5-4-6-23(29)28-19/h4-13H,14H2,1-3H3. The summed E-state index contributed by atoms with van der Waals surface area (Å²) < 4.78 is 6.83. The fraction of sp³-hybridized carbons (Fsp3) is 0.148. The van der Waals surface area contributed by atoms with E-state index in [-0.39, 0.29) is 28.9 Å².